The van der Waals surface area contributed by atoms with Gasteiger partial charge in [0.05, 0.1) is 25.1 Å². The van der Waals surface area contributed by atoms with Gasteiger partial charge in [0.25, 0.3) is 5.91 Å². The van der Waals surface area contributed by atoms with Crippen LogP contribution in [-0.2, 0) is 17.9 Å². The van der Waals surface area contributed by atoms with Crippen molar-refractivity contribution < 1.29 is 14.3 Å². The minimum Gasteiger partial charge on any atom is -0.497 e. The van der Waals surface area contributed by atoms with Crippen LogP contribution in [0, 0.1) is 6.92 Å². The molecule has 0 saturated carbocycles. The summed E-state index contributed by atoms with van der Waals surface area (Å²) in [7, 11) is 1.58. The lowest BCUT2D eigenvalue weighted by Gasteiger charge is -2.09. The molecule has 9 nitrogen and oxygen atoms in total. The summed E-state index contributed by atoms with van der Waals surface area (Å²) in [5.74, 6) is 1.07. The number of nitrogens with zero attached hydrogens (tertiary/aromatic N) is 4. The number of benzene rings is 2. The summed E-state index contributed by atoms with van der Waals surface area (Å²) in [5, 5.41) is 15.3. The van der Waals surface area contributed by atoms with Gasteiger partial charge in [0.15, 0.2) is 16.1 Å². The lowest BCUT2D eigenvalue weighted by molar-refractivity contribution is -0.113. The number of thiazole rings is 1. The van der Waals surface area contributed by atoms with Crippen LogP contribution in [0.25, 0.3) is 11.3 Å². The van der Waals surface area contributed by atoms with E-state index in [0.29, 0.717) is 34.0 Å². The Labute approximate surface area is 217 Å². The highest BCUT2D eigenvalue weighted by atomic mass is 32.2. The number of carbonyl (C=O) groups is 2. The number of methoxy groups -OCH3 is 1. The van der Waals surface area contributed by atoms with Crippen LogP contribution >= 0.6 is 23.1 Å². The molecule has 0 aliphatic heterocycles. The van der Waals surface area contributed by atoms with Crippen molar-refractivity contribution in [2.45, 2.75) is 32.1 Å². The molecule has 0 radical (unpaired) electrons. The second kappa shape index (κ2) is 11.8. The molecule has 2 amide bonds. The second-order valence-corrected chi connectivity index (χ2v) is 9.83. The van der Waals surface area contributed by atoms with E-state index in [1.54, 1.807) is 31.4 Å². The van der Waals surface area contributed by atoms with Crippen molar-refractivity contribution in [3.05, 3.63) is 70.9 Å². The zero-order valence-electron chi connectivity index (χ0n) is 20.1. The van der Waals surface area contributed by atoms with Crippen molar-refractivity contribution in [1.82, 2.24) is 25.1 Å². The Morgan fingerprint density at radius 1 is 1.08 bits per heavy atom. The van der Waals surface area contributed by atoms with E-state index >= 15 is 0 Å². The highest BCUT2D eigenvalue weighted by Crippen LogP contribution is 2.30. The number of hydrogen-bond donors (Lipinski definition) is 2. The van der Waals surface area contributed by atoms with Crippen LogP contribution in [0.4, 0.5) is 5.13 Å². The van der Waals surface area contributed by atoms with Gasteiger partial charge in [-0.15, -0.1) is 21.5 Å². The van der Waals surface area contributed by atoms with Crippen LogP contribution in [0.2, 0.25) is 0 Å². The third-order valence-electron chi connectivity index (χ3n) is 5.29. The molecular formula is C25H26N6O3S2. The maximum Gasteiger partial charge on any atom is 0.251 e. The summed E-state index contributed by atoms with van der Waals surface area (Å²) >= 11 is 2.74. The van der Waals surface area contributed by atoms with Gasteiger partial charge < -0.3 is 19.9 Å². The maximum absolute atomic E-state index is 12.6. The molecule has 0 aliphatic rings. The highest BCUT2D eigenvalue weighted by molar-refractivity contribution is 7.99. The summed E-state index contributed by atoms with van der Waals surface area (Å²) in [6.07, 6.45) is 0. The Morgan fingerprint density at radius 3 is 2.53 bits per heavy atom. The zero-order chi connectivity index (χ0) is 25.5. The first-order valence-electron chi connectivity index (χ1n) is 11.3. The number of aromatic nitrogens is 4. The molecule has 11 heteroatoms. The third-order valence-corrected chi connectivity index (χ3v) is 7.14. The number of aryl methyl sites for hydroxylation is 1. The SMILES string of the molecule is CCn1c(CNC(=O)c2ccc(OC)cc2)nnc1SCC(=O)Nc1nc(-c2ccccc2)c(C)s1. The van der Waals surface area contributed by atoms with Gasteiger partial charge in [0.2, 0.25) is 5.91 Å². The Bertz CT molecular complexity index is 1340. The monoisotopic (exact) mass is 522 g/mol. The molecule has 0 unspecified atom stereocenters. The highest BCUT2D eigenvalue weighted by Gasteiger charge is 2.16. The van der Waals surface area contributed by atoms with Gasteiger partial charge >= 0.3 is 0 Å². The Morgan fingerprint density at radius 2 is 1.83 bits per heavy atom. The van der Waals surface area contributed by atoms with Crippen molar-refractivity contribution in [3.8, 4) is 17.0 Å². The molecule has 0 bridgehead atoms. The molecule has 0 atom stereocenters. The van der Waals surface area contributed by atoms with Crippen LogP contribution in [0.5, 0.6) is 5.75 Å². The smallest absolute Gasteiger partial charge is 0.251 e. The van der Waals surface area contributed by atoms with E-state index < -0.39 is 0 Å². The number of thioether (sulfide) groups is 1. The molecule has 0 saturated heterocycles. The molecule has 4 aromatic rings. The quantitative estimate of drug-likeness (QED) is 0.297. The summed E-state index contributed by atoms with van der Waals surface area (Å²) in [6.45, 7) is 4.78. The van der Waals surface area contributed by atoms with E-state index in [9.17, 15) is 9.59 Å². The average molecular weight is 523 g/mol. The predicted molar refractivity (Wildman–Crippen MR) is 142 cm³/mol. The van der Waals surface area contributed by atoms with Crippen molar-refractivity contribution in [2.24, 2.45) is 0 Å². The number of anilines is 1. The Kier molecular flexibility index (Phi) is 8.34. The van der Waals surface area contributed by atoms with Crippen molar-refractivity contribution in [3.63, 3.8) is 0 Å². The number of carbonyl (C=O) groups excluding carboxylic acids is 2. The second-order valence-electron chi connectivity index (χ2n) is 7.68. The summed E-state index contributed by atoms with van der Waals surface area (Å²) in [6, 6.07) is 16.8. The van der Waals surface area contributed by atoms with Gasteiger partial charge in [-0.25, -0.2) is 4.98 Å². The van der Waals surface area contributed by atoms with Crippen molar-refractivity contribution >= 4 is 40.0 Å². The first-order valence-corrected chi connectivity index (χ1v) is 13.1. The van der Waals surface area contributed by atoms with Gasteiger partial charge in [-0.3, -0.25) is 9.59 Å². The lowest BCUT2D eigenvalue weighted by atomic mass is 10.1. The minimum atomic E-state index is -0.217. The van der Waals surface area contributed by atoms with E-state index in [1.807, 2.05) is 48.7 Å². The molecule has 0 aliphatic carbocycles. The summed E-state index contributed by atoms with van der Waals surface area (Å²) in [5.41, 5.74) is 2.41. The van der Waals surface area contributed by atoms with Crippen LogP contribution in [-0.4, -0.2) is 44.4 Å². The first-order chi connectivity index (χ1) is 17.5. The number of ether oxygens (including phenoxy) is 1. The third kappa shape index (κ3) is 6.10. The molecule has 2 aromatic heterocycles. The largest absolute Gasteiger partial charge is 0.497 e. The molecule has 4 rings (SSSR count). The topological polar surface area (TPSA) is 111 Å². The fraction of sp³-hybridized carbons (Fsp3) is 0.240. The molecule has 0 spiro atoms. The zero-order valence-corrected chi connectivity index (χ0v) is 21.8. The standard InChI is InChI=1S/C25H26N6O3S2/c1-4-31-20(14-26-23(33)18-10-12-19(34-3)13-11-18)29-30-25(31)35-15-21(32)27-24-28-22(16(2)36-24)17-8-6-5-7-9-17/h5-13H,4,14-15H2,1-3H3,(H,26,33)(H,27,28,32). The van der Waals surface area contributed by atoms with Gasteiger partial charge in [-0.05, 0) is 38.1 Å². The van der Waals surface area contributed by atoms with Crippen LogP contribution < -0.4 is 15.4 Å². The summed E-state index contributed by atoms with van der Waals surface area (Å²) in [4.78, 5) is 30.7. The lowest BCUT2D eigenvalue weighted by Crippen LogP contribution is -2.24. The molecule has 186 valence electrons. The number of amides is 2. The van der Waals surface area contributed by atoms with Gasteiger partial charge in [0.1, 0.15) is 5.75 Å². The Balaban J connectivity index is 1.32. The van der Waals surface area contributed by atoms with Gasteiger partial charge in [0, 0.05) is 22.5 Å². The number of hydrogen-bond acceptors (Lipinski definition) is 8. The van der Waals surface area contributed by atoms with E-state index in [2.05, 4.69) is 25.8 Å². The van der Waals surface area contributed by atoms with E-state index in [0.717, 1.165) is 16.1 Å². The van der Waals surface area contributed by atoms with Crippen LogP contribution in [0.3, 0.4) is 0 Å². The fourth-order valence-corrected chi connectivity index (χ4v) is 5.15. The number of rotatable bonds is 10. The minimum absolute atomic E-state index is 0.162. The van der Waals surface area contributed by atoms with Crippen LogP contribution in [0.1, 0.15) is 28.0 Å². The molecule has 2 N–H and O–H groups in total. The molecule has 2 aromatic carbocycles. The van der Waals surface area contributed by atoms with Crippen LogP contribution in [0.15, 0.2) is 59.8 Å². The van der Waals surface area contributed by atoms with E-state index in [1.165, 1.54) is 23.1 Å². The van der Waals surface area contributed by atoms with Gasteiger partial charge in [-0.2, -0.15) is 0 Å². The normalized spacial score (nSPS) is 10.8. The average Bonchev–Trinajstić information content (AvgIpc) is 3.48. The van der Waals surface area contributed by atoms with Gasteiger partial charge in [-0.1, -0.05) is 42.1 Å². The molecule has 2 heterocycles. The van der Waals surface area contributed by atoms with Crippen molar-refractivity contribution in [1.29, 1.82) is 0 Å². The predicted octanol–water partition coefficient (Wildman–Crippen LogP) is 4.40. The number of nitrogens with one attached hydrogen (secondary N) is 2. The molecule has 0 fully saturated rings. The van der Waals surface area contributed by atoms with E-state index in [-0.39, 0.29) is 24.1 Å². The first kappa shape index (κ1) is 25.4. The maximum atomic E-state index is 12.6. The fourth-order valence-electron chi connectivity index (χ4n) is 3.48. The van der Waals surface area contributed by atoms with E-state index in [4.69, 9.17) is 4.74 Å². The summed E-state index contributed by atoms with van der Waals surface area (Å²) < 4.78 is 7.00. The Hall–Kier alpha value is -3.70. The molecular weight excluding hydrogens is 496 g/mol. The molecule has 36 heavy (non-hydrogen) atoms. The van der Waals surface area contributed by atoms with Crippen molar-refractivity contribution in [2.75, 3.05) is 18.2 Å².